The highest BCUT2D eigenvalue weighted by atomic mass is 15.1. The Morgan fingerprint density at radius 3 is 0.987 bits per heavy atom. The van der Waals surface area contributed by atoms with Gasteiger partial charge in [0.05, 0.1) is 108 Å². The SMILES string of the molecule is [2H]c1c([2H])c([2H])c(-c2nc(-c3c([2H])c([2H])c([2H])c([2H])c3[2H])nc(-c3c(-n4c5ccccc5c5c([2H])c([2H])c([2H])c([2H])c54)c(C#N)c(-n4c5ccccc5c5c([2H])c([2H])c([2H])c([2H])c54)c(-n4c5ccccc5c5c([2H])c([2H])c([2H])c([2H])c54)c3-n3c4ccccc4c4c([2H])c([2H])c([2H])c([2H])c43)n2)c([2H])c1[2H]. The predicted octanol–water partition coefficient (Wildman–Crippen LogP) is 17.1. The number of rotatable bonds is 7. The number of hydrogen-bond acceptors (Lipinski definition) is 4. The van der Waals surface area contributed by atoms with Crippen molar-refractivity contribution in [3.8, 4) is 63.0 Å². The van der Waals surface area contributed by atoms with Crippen molar-refractivity contribution in [1.29, 1.82) is 5.26 Å². The van der Waals surface area contributed by atoms with Gasteiger partial charge in [0, 0.05) is 54.2 Å². The fourth-order valence-electron chi connectivity index (χ4n) is 10.9. The molecule has 0 saturated carbocycles. The summed E-state index contributed by atoms with van der Waals surface area (Å²) < 4.78 is 251. The topological polar surface area (TPSA) is 82.2 Å². The Balaban J connectivity index is 1.36. The highest BCUT2D eigenvalue weighted by molar-refractivity contribution is 6.17. The second kappa shape index (κ2) is 17.1. The first-order chi connectivity index (χ1) is 49.5. The second-order valence-corrected chi connectivity index (χ2v) is 17.9. The Morgan fingerprint density at radius 2 is 0.603 bits per heavy atom. The molecule has 0 fully saturated rings. The molecule has 78 heavy (non-hydrogen) atoms. The van der Waals surface area contributed by atoms with Crippen LogP contribution in [0.1, 0.15) is 41.2 Å². The van der Waals surface area contributed by atoms with E-state index < -0.39 is 231 Å². The van der Waals surface area contributed by atoms with E-state index in [9.17, 15) is 31.3 Å². The van der Waals surface area contributed by atoms with Crippen molar-refractivity contribution in [3.05, 3.63) is 260 Å². The van der Waals surface area contributed by atoms with Gasteiger partial charge in [-0.1, -0.05) is 206 Å². The first kappa shape index (κ1) is 25.1. The molecule has 362 valence electrons. The number of nitrogens with zero attached hydrogens (tertiary/aromatic N) is 8. The van der Waals surface area contributed by atoms with Gasteiger partial charge in [-0.05, 0) is 48.4 Å². The molecule has 0 spiro atoms. The Morgan fingerprint density at radius 1 is 0.295 bits per heavy atom. The van der Waals surface area contributed by atoms with Gasteiger partial charge in [-0.15, -0.1) is 0 Å². The summed E-state index contributed by atoms with van der Waals surface area (Å²) in [5, 5.41) is 13.0. The molecule has 16 rings (SSSR count). The van der Waals surface area contributed by atoms with E-state index in [1.165, 1.54) is 60.7 Å². The van der Waals surface area contributed by atoms with E-state index in [1.807, 2.05) is 0 Å². The molecule has 0 saturated heterocycles. The average molecular weight is 1020 g/mol. The van der Waals surface area contributed by atoms with Crippen molar-refractivity contribution in [1.82, 2.24) is 33.2 Å². The van der Waals surface area contributed by atoms with E-state index in [-0.39, 0.29) is 76.2 Å². The highest BCUT2D eigenvalue weighted by Gasteiger charge is 2.36. The third-order valence-electron chi connectivity index (χ3n) is 13.9. The predicted molar refractivity (Wildman–Crippen MR) is 318 cm³/mol. The largest absolute Gasteiger partial charge is 0.307 e. The Hall–Kier alpha value is -10.9. The van der Waals surface area contributed by atoms with Gasteiger partial charge in [0.1, 0.15) is 11.6 Å². The minimum Gasteiger partial charge on any atom is -0.307 e. The zero-order chi connectivity index (χ0) is 74.1. The van der Waals surface area contributed by atoms with Crippen LogP contribution in [-0.4, -0.2) is 33.2 Å². The first-order valence-electron chi connectivity index (χ1n) is 37.1. The molecule has 0 aliphatic carbocycles. The van der Waals surface area contributed by atoms with Crippen LogP contribution in [0.2, 0.25) is 0 Å². The van der Waals surface area contributed by atoms with Gasteiger partial charge in [0.15, 0.2) is 17.5 Å². The van der Waals surface area contributed by atoms with Crippen molar-refractivity contribution in [2.45, 2.75) is 0 Å². The summed E-state index contributed by atoms with van der Waals surface area (Å²) in [6.45, 7) is 0. The van der Waals surface area contributed by atoms with E-state index in [2.05, 4.69) is 11.1 Å². The molecule has 5 aromatic heterocycles. The van der Waals surface area contributed by atoms with Gasteiger partial charge in [0.2, 0.25) is 0 Å². The molecular weight excluding hydrogens is 953 g/mol. The maximum atomic E-state index is 13.2. The Kier molecular flexibility index (Phi) is 5.50. The lowest BCUT2D eigenvalue weighted by Gasteiger charge is -2.29. The minimum atomic E-state index is -0.957. The maximum Gasteiger partial charge on any atom is 0.168 e. The average Bonchev–Trinajstić information content (AvgIpc) is 1.46. The fraction of sp³-hybridized carbons (Fsp3) is 0. The molecule has 5 heterocycles. The van der Waals surface area contributed by atoms with E-state index in [0.717, 1.165) is 0 Å². The zero-order valence-corrected chi connectivity index (χ0v) is 39.8. The molecule has 8 nitrogen and oxygen atoms in total. The highest BCUT2D eigenvalue weighted by Crippen LogP contribution is 2.51. The third-order valence-corrected chi connectivity index (χ3v) is 13.9. The summed E-state index contributed by atoms with van der Waals surface area (Å²) in [5.74, 6) is -2.64. The summed E-state index contributed by atoms with van der Waals surface area (Å²) in [6.07, 6.45) is 0. The molecule has 0 unspecified atom stereocenters. The van der Waals surface area contributed by atoms with Crippen LogP contribution in [-0.2, 0) is 0 Å². The van der Waals surface area contributed by atoms with Gasteiger partial charge in [-0.3, -0.25) is 0 Å². The first-order valence-corrected chi connectivity index (χ1v) is 24.1. The van der Waals surface area contributed by atoms with E-state index >= 15 is 0 Å². The molecule has 0 aliphatic heterocycles. The number of hydrogen-bond donors (Lipinski definition) is 0. The monoisotopic (exact) mass is 1020 g/mol. The molecule has 0 radical (unpaired) electrons. The van der Waals surface area contributed by atoms with Gasteiger partial charge in [-0.2, -0.15) is 5.26 Å². The number of aromatic nitrogens is 7. The molecule has 0 bridgehead atoms. The van der Waals surface area contributed by atoms with Crippen LogP contribution in [0.5, 0.6) is 0 Å². The Bertz CT molecular complexity index is 6640. The van der Waals surface area contributed by atoms with Crippen LogP contribution in [0.15, 0.2) is 254 Å². The van der Waals surface area contributed by atoms with Crippen molar-refractivity contribution >= 4 is 87.2 Å². The van der Waals surface area contributed by atoms with Crippen molar-refractivity contribution in [3.63, 3.8) is 0 Å². The van der Waals surface area contributed by atoms with Gasteiger partial charge in [-0.25, -0.2) is 15.0 Å². The van der Waals surface area contributed by atoms with E-state index in [4.69, 9.17) is 19.6 Å². The second-order valence-electron chi connectivity index (χ2n) is 17.9. The molecule has 0 aliphatic rings. The summed E-state index contributed by atoms with van der Waals surface area (Å²) in [7, 11) is 0. The number of benzene rings is 11. The molecule has 0 N–H and O–H groups in total. The Labute approximate surface area is 483 Å². The van der Waals surface area contributed by atoms with Crippen molar-refractivity contribution < 1.29 is 35.6 Å². The van der Waals surface area contributed by atoms with Gasteiger partial charge < -0.3 is 18.3 Å². The van der Waals surface area contributed by atoms with Crippen molar-refractivity contribution in [2.75, 3.05) is 0 Å². The zero-order valence-electron chi connectivity index (χ0n) is 65.8. The fourth-order valence-corrected chi connectivity index (χ4v) is 10.9. The maximum absolute atomic E-state index is 13.2. The number of nitriles is 1. The summed E-state index contributed by atoms with van der Waals surface area (Å²) in [6, 6.07) is 6.12. The van der Waals surface area contributed by atoms with Crippen LogP contribution in [0.4, 0.5) is 0 Å². The smallest absolute Gasteiger partial charge is 0.168 e. The van der Waals surface area contributed by atoms with Crippen LogP contribution >= 0.6 is 0 Å². The van der Waals surface area contributed by atoms with Crippen LogP contribution in [0.3, 0.4) is 0 Å². The normalized spacial score (nSPS) is 16.5. The molecule has 0 atom stereocenters. The lowest BCUT2D eigenvalue weighted by molar-refractivity contribution is 1.01. The van der Waals surface area contributed by atoms with Gasteiger partial charge >= 0.3 is 0 Å². The molecular formula is C70H42N8. The lowest BCUT2D eigenvalue weighted by Crippen LogP contribution is -2.17. The quantitative estimate of drug-likeness (QED) is 0.159. The van der Waals surface area contributed by atoms with Crippen LogP contribution in [0.25, 0.3) is 144 Å². The van der Waals surface area contributed by atoms with Gasteiger partial charge in [0.25, 0.3) is 0 Å². The van der Waals surface area contributed by atoms with Crippen LogP contribution in [0, 0.1) is 11.3 Å². The lowest BCUT2D eigenvalue weighted by atomic mass is 9.97. The summed E-state index contributed by atoms with van der Waals surface area (Å²) >= 11 is 0. The van der Waals surface area contributed by atoms with E-state index in [0.29, 0.717) is 0 Å². The minimum absolute atomic E-state index is 0.00815. The standard InChI is InChI=1S/C70H42N8/c71-43-54-64(75-55-35-15-7-27-46(55)47-28-8-16-36-56(47)75)63(70-73-68(44-23-3-1-4-24-44)72-69(74-70)45-25-5-2-6-26-45)66(77-59-39-19-11-31-50(59)51-32-12-20-40-60(51)77)67(78-61-41-21-13-33-52(61)53-34-14-22-42-62(53)78)65(54)76-57-37-17-9-29-48(57)49-30-10-18-38-58(49)76/h1-42H/i1D,2D,3D,4D,5D,6D,7D,9D,11D,13D,15D,17D,19D,21D,23D,24D,25D,26D,27D,29D,31D,33D,35D,37D,39D,41D. The molecule has 0 amide bonds. The number of fused-ring (bicyclic) bond motifs is 12. The summed E-state index contributed by atoms with van der Waals surface area (Å²) in [5.41, 5.74) is -6.61. The third kappa shape index (κ3) is 6.24. The molecule has 11 aromatic carbocycles. The number of para-hydroxylation sites is 8. The molecule has 16 aromatic rings. The van der Waals surface area contributed by atoms with E-state index in [1.54, 1.807) is 54.6 Å². The molecule has 8 heteroatoms. The van der Waals surface area contributed by atoms with Crippen molar-refractivity contribution in [2.24, 2.45) is 0 Å². The van der Waals surface area contributed by atoms with Crippen LogP contribution < -0.4 is 0 Å². The summed E-state index contributed by atoms with van der Waals surface area (Å²) in [4.78, 5) is 14.8.